The average molecular weight is 273 g/mol. The van der Waals surface area contributed by atoms with Gasteiger partial charge in [-0.1, -0.05) is 30.3 Å². The number of rotatable bonds is 6. The number of amides is 1. The Balaban J connectivity index is 2.09. The number of nitrogens with zero attached hydrogens (tertiary/aromatic N) is 1. The molecule has 1 unspecified atom stereocenters. The lowest BCUT2D eigenvalue weighted by Crippen LogP contribution is -2.41. The van der Waals surface area contributed by atoms with E-state index in [1.807, 2.05) is 30.3 Å². The van der Waals surface area contributed by atoms with Crippen molar-refractivity contribution in [2.75, 3.05) is 20.8 Å². The molecule has 0 radical (unpaired) electrons. The predicted molar refractivity (Wildman–Crippen MR) is 76.6 cm³/mol. The molecule has 1 aromatic carbocycles. The molecule has 1 atom stereocenters. The maximum absolute atomic E-state index is 12.3. The molecule has 0 aliphatic heterocycles. The van der Waals surface area contributed by atoms with E-state index < -0.39 is 0 Å². The summed E-state index contributed by atoms with van der Waals surface area (Å²) in [4.78, 5) is 14.0. The van der Waals surface area contributed by atoms with Crippen LogP contribution in [0.25, 0.3) is 0 Å². The lowest BCUT2D eigenvalue weighted by molar-refractivity contribution is 0.0575. The Morgan fingerprint density at radius 2 is 2.00 bits per heavy atom. The maximum atomic E-state index is 12.3. The third-order valence-corrected chi connectivity index (χ3v) is 3.27. The fraction of sp³-hybridized carbons (Fsp3) is 0.312. The van der Waals surface area contributed by atoms with Gasteiger partial charge < -0.3 is 14.1 Å². The monoisotopic (exact) mass is 273 g/mol. The standard InChI is InChI=1S/C16H19NO3/c1-17(16(18)15-9-6-10-20-15)14(12-19-2)11-13-7-4-3-5-8-13/h3-10,14H,11-12H2,1-2H3. The van der Waals surface area contributed by atoms with E-state index in [1.165, 1.54) is 11.8 Å². The van der Waals surface area contributed by atoms with Gasteiger partial charge in [-0.05, 0) is 24.1 Å². The molecule has 20 heavy (non-hydrogen) atoms. The second-order valence-electron chi connectivity index (χ2n) is 4.69. The predicted octanol–water partition coefficient (Wildman–Crippen LogP) is 2.61. The van der Waals surface area contributed by atoms with Gasteiger partial charge in [-0.15, -0.1) is 0 Å². The Kier molecular flexibility index (Phi) is 4.96. The first-order chi connectivity index (χ1) is 9.72. The summed E-state index contributed by atoms with van der Waals surface area (Å²) in [7, 11) is 3.42. The number of hydrogen-bond acceptors (Lipinski definition) is 3. The fourth-order valence-electron chi connectivity index (χ4n) is 2.13. The Morgan fingerprint density at radius 3 is 2.60 bits per heavy atom. The van der Waals surface area contributed by atoms with Gasteiger partial charge in [0.25, 0.3) is 5.91 Å². The number of benzene rings is 1. The van der Waals surface area contributed by atoms with Gasteiger partial charge in [0.1, 0.15) is 0 Å². The first kappa shape index (κ1) is 14.3. The van der Waals surface area contributed by atoms with Crippen LogP contribution in [0, 0.1) is 0 Å². The van der Waals surface area contributed by atoms with Gasteiger partial charge in [-0.25, -0.2) is 0 Å². The number of likely N-dealkylation sites (N-methyl/N-ethyl adjacent to an activating group) is 1. The molecule has 1 amide bonds. The summed E-state index contributed by atoms with van der Waals surface area (Å²) in [5.41, 5.74) is 1.17. The van der Waals surface area contributed by atoms with Crippen LogP contribution in [-0.4, -0.2) is 37.6 Å². The number of carbonyl (C=O) groups is 1. The van der Waals surface area contributed by atoms with Crippen molar-refractivity contribution in [3.63, 3.8) is 0 Å². The van der Waals surface area contributed by atoms with Crippen LogP contribution in [0.2, 0.25) is 0 Å². The van der Waals surface area contributed by atoms with E-state index in [9.17, 15) is 4.79 Å². The Labute approximate surface area is 119 Å². The molecular weight excluding hydrogens is 254 g/mol. The van der Waals surface area contributed by atoms with Gasteiger partial charge in [0.2, 0.25) is 0 Å². The molecule has 0 aliphatic carbocycles. The average Bonchev–Trinajstić information content (AvgIpc) is 3.00. The maximum Gasteiger partial charge on any atom is 0.289 e. The molecular formula is C16H19NO3. The first-order valence-electron chi connectivity index (χ1n) is 6.56. The zero-order valence-electron chi connectivity index (χ0n) is 11.8. The molecule has 2 rings (SSSR count). The molecule has 0 spiro atoms. The molecule has 1 heterocycles. The zero-order valence-corrected chi connectivity index (χ0v) is 11.8. The Morgan fingerprint density at radius 1 is 1.25 bits per heavy atom. The van der Waals surface area contributed by atoms with Crippen LogP contribution >= 0.6 is 0 Å². The first-order valence-corrected chi connectivity index (χ1v) is 6.56. The van der Waals surface area contributed by atoms with Crippen LogP contribution < -0.4 is 0 Å². The highest BCUT2D eigenvalue weighted by atomic mass is 16.5. The van der Waals surface area contributed by atoms with Crippen molar-refractivity contribution in [3.05, 3.63) is 60.1 Å². The molecule has 4 heteroatoms. The van der Waals surface area contributed by atoms with E-state index in [4.69, 9.17) is 9.15 Å². The molecule has 106 valence electrons. The topological polar surface area (TPSA) is 42.7 Å². The molecule has 4 nitrogen and oxygen atoms in total. The Bertz CT molecular complexity index is 522. The lowest BCUT2D eigenvalue weighted by Gasteiger charge is -2.27. The van der Waals surface area contributed by atoms with Gasteiger partial charge in [0.05, 0.1) is 18.9 Å². The van der Waals surface area contributed by atoms with Gasteiger partial charge in [0, 0.05) is 14.2 Å². The summed E-state index contributed by atoms with van der Waals surface area (Å²) in [6, 6.07) is 13.4. The van der Waals surface area contributed by atoms with E-state index >= 15 is 0 Å². The van der Waals surface area contributed by atoms with Crippen molar-refractivity contribution in [1.82, 2.24) is 4.90 Å². The summed E-state index contributed by atoms with van der Waals surface area (Å²) in [5.74, 6) is 0.217. The molecule has 0 bridgehead atoms. The SMILES string of the molecule is COCC(Cc1ccccc1)N(C)C(=O)c1ccco1. The third-order valence-electron chi connectivity index (χ3n) is 3.27. The minimum absolute atomic E-state index is 0.0278. The minimum Gasteiger partial charge on any atom is -0.459 e. The van der Waals surface area contributed by atoms with Gasteiger partial charge in [0.15, 0.2) is 5.76 Å². The second-order valence-corrected chi connectivity index (χ2v) is 4.69. The van der Waals surface area contributed by atoms with Crippen LogP contribution in [0.1, 0.15) is 16.1 Å². The minimum atomic E-state index is -0.131. The number of hydrogen-bond donors (Lipinski definition) is 0. The summed E-state index contributed by atoms with van der Waals surface area (Å²) >= 11 is 0. The molecule has 0 saturated carbocycles. The van der Waals surface area contributed by atoms with Crippen molar-refractivity contribution >= 4 is 5.91 Å². The van der Waals surface area contributed by atoms with Crippen molar-refractivity contribution in [3.8, 4) is 0 Å². The van der Waals surface area contributed by atoms with E-state index in [-0.39, 0.29) is 11.9 Å². The number of ether oxygens (including phenoxy) is 1. The van der Waals surface area contributed by atoms with Crippen LogP contribution in [0.4, 0.5) is 0 Å². The van der Waals surface area contributed by atoms with Crippen molar-refractivity contribution in [2.24, 2.45) is 0 Å². The molecule has 0 saturated heterocycles. The second kappa shape index (κ2) is 6.91. The van der Waals surface area contributed by atoms with E-state index in [2.05, 4.69) is 0 Å². The van der Waals surface area contributed by atoms with E-state index in [0.29, 0.717) is 12.4 Å². The van der Waals surface area contributed by atoms with Crippen molar-refractivity contribution in [2.45, 2.75) is 12.5 Å². The van der Waals surface area contributed by atoms with Gasteiger partial charge in [-0.3, -0.25) is 4.79 Å². The molecule has 0 aliphatic rings. The third kappa shape index (κ3) is 3.48. The fourth-order valence-corrected chi connectivity index (χ4v) is 2.13. The highest BCUT2D eigenvalue weighted by Gasteiger charge is 2.23. The highest BCUT2D eigenvalue weighted by Crippen LogP contribution is 2.12. The van der Waals surface area contributed by atoms with Crippen LogP contribution in [0.15, 0.2) is 53.1 Å². The Hall–Kier alpha value is -2.07. The smallest absolute Gasteiger partial charge is 0.289 e. The molecule has 0 fully saturated rings. The van der Waals surface area contributed by atoms with Crippen LogP contribution in [-0.2, 0) is 11.2 Å². The van der Waals surface area contributed by atoms with E-state index in [0.717, 1.165) is 6.42 Å². The summed E-state index contributed by atoms with van der Waals surface area (Å²) in [5, 5.41) is 0. The van der Waals surface area contributed by atoms with Crippen molar-refractivity contribution in [1.29, 1.82) is 0 Å². The van der Waals surface area contributed by atoms with Crippen molar-refractivity contribution < 1.29 is 13.9 Å². The van der Waals surface area contributed by atoms with Crippen LogP contribution in [0.3, 0.4) is 0 Å². The largest absolute Gasteiger partial charge is 0.459 e. The summed E-state index contributed by atoms with van der Waals surface area (Å²) < 4.78 is 10.4. The molecule has 0 N–H and O–H groups in total. The zero-order chi connectivity index (χ0) is 14.4. The van der Waals surface area contributed by atoms with Crippen LogP contribution in [0.5, 0.6) is 0 Å². The number of furan rings is 1. The quantitative estimate of drug-likeness (QED) is 0.812. The van der Waals surface area contributed by atoms with E-state index in [1.54, 1.807) is 31.2 Å². The van der Waals surface area contributed by atoms with Gasteiger partial charge >= 0.3 is 0 Å². The highest BCUT2D eigenvalue weighted by molar-refractivity contribution is 5.91. The van der Waals surface area contributed by atoms with Gasteiger partial charge in [-0.2, -0.15) is 0 Å². The lowest BCUT2D eigenvalue weighted by atomic mass is 10.1. The number of carbonyl (C=O) groups excluding carboxylic acids is 1. The summed E-state index contributed by atoms with van der Waals surface area (Å²) in [6.07, 6.45) is 2.25. The number of methoxy groups -OCH3 is 1. The molecule has 2 aromatic rings. The normalized spacial score (nSPS) is 12.1. The summed E-state index contributed by atoms with van der Waals surface area (Å²) in [6.45, 7) is 0.484. The molecule has 1 aromatic heterocycles.